The van der Waals surface area contributed by atoms with E-state index in [1.54, 1.807) is 30.3 Å². The van der Waals surface area contributed by atoms with Gasteiger partial charge in [0.1, 0.15) is 11.8 Å². The summed E-state index contributed by atoms with van der Waals surface area (Å²) in [7, 11) is 0. The first-order chi connectivity index (χ1) is 14.0. The number of ether oxygens (including phenoxy) is 3. The van der Waals surface area contributed by atoms with E-state index in [2.05, 4.69) is 11.4 Å². The van der Waals surface area contributed by atoms with Crippen molar-refractivity contribution in [3.8, 4) is 23.3 Å². The number of nitrogens with zero attached hydrogens (tertiary/aromatic N) is 1. The lowest BCUT2D eigenvalue weighted by atomic mass is 10.1. The minimum atomic E-state index is -0.237. The fourth-order valence-corrected chi connectivity index (χ4v) is 2.98. The lowest BCUT2D eigenvalue weighted by Crippen LogP contribution is -2.14. The molecule has 0 atom stereocenters. The van der Waals surface area contributed by atoms with Crippen molar-refractivity contribution in [1.82, 2.24) is 0 Å². The van der Waals surface area contributed by atoms with Gasteiger partial charge in [0.25, 0.3) is 0 Å². The molecule has 0 fully saturated rings. The number of carbonyl (C=O) groups is 1. The van der Waals surface area contributed by atoms with E-state index in [0.717, 1.165) is 0 Å². The highest BCUT2D eigenvalue weighted by molar-refractivity contribution is 6.35. The van der Waals surface area contributed by atoms with Crippen molar-refractivity contribution in [1.29, 1.82) is 5.26 Å². The Labute approximate surface area is 180 Å². The van der Waals surface area contributed by atoms with Gasteiger partial charge in [-0.05, 0) is 38.5 Å². The van der Waals surface area contributed by atoms with Crippen molar-refractivity contribution < 1.29 is 19.0 Å². The van der Waals surface area contributed by atoms with Crippen LogP contribution in [-0.4, -0.2) is 25.7 Å². The highest BCUT2D eigenvalue weighted by Crippen LogP contribution is 2.34. The Balaban J connectivity index is 1.95. The molecule has 6 nitrogen and oxygen atoms in total. The molecule has 1 N–H and O–H groups in total. The summed E-state index contributed by atoms with van der Waals surface area (Å²) in [6, 6.07) is 10.2. The zero-order chi connectivity index (χ0) is 21.2. The Morgan fingerprint density at radius 3 is 2.34 bits per heavy atom. The molecular weight excluding hydrogens is 415 g/mol. The van der Waals surface area contributed by atoms with Crippen LogP contribution in [0.5, 0.6) is 17.2 Å². The second-order valence-corrected chi connectivity index (χ2v) is 6.74. The topological polar surface area (TPSA) is 80.6 Å². The van der Waals surface area contributed by atoms with Crippen LogP contribution in [0.25, 0.3) is 0 Å². The van der Waals surface area contributed by atoms with Crippen LogP contribution in [0.4, 0.5) is 5.69 Å². The number of amides is 1. The second-order valence-electron chi connectivity index (χ2n) is 5.90. The van der Waals surface area contributed by atoms with E-state index >= 15 is 0 Å². The molecule has 0 bridgehead atoms. The van der Waals surface area contributed by atoms with Gasteiger partial charge >= 0.3 is 0 Å². The smallest absolute Gasteiger partial charge is 0.224 e. The summed E-state index contributed by atoms with van der Waals surface area (Å²) in [6.07, 6.45) is 0.690. The highest BCUT2D eigenvalue weighted by atomic mass is 35.5. The van der Waals surface area contributed by atoms with Gasteiger partial charge in [-0.1, -0.05) is 23.2 Å². The minimum Gasteiger partial charge on any atom is -0.492 e. The van der Waals surface area contributed by atoms with Crippen molar-refractivity contribution in [3.05, 3.63) is 45.9 Å². The molecule has 0 unspecified atom stereocenters. The standard InChI is InChI=1S/C21H22Cl2N2O4/c1-3-27-19-10-14(13-24)17(12-20(19)28-4-2)25-21(26)6-5-9-29-18-8-7-15(22)11-16(18)23/h7-8,10-12H,3-6,9H2,1-2H3,(H,25,26). The Kier molecular flexibility index (Phi) is 8.91. The molecule has 2 rings (SSSR count). The third-order valence-electron chi connectivity index (χ3n) is 3.78. The number of halogens is 2. The normalized spacial score (nSPS) is 10.2. The molecule has 1 amide bonds. The average Bonchev–Trinajstić information content (AvgIpc) is 2.68. The van der Waals surface area contributed by atoms with Crippen molar-refractivity contribution in [2.75, 3.05) is 25.1 Å². The molecule has 154 valence electrons. The average molecular weight is 437 g/mol. The van der Waals surface area contributed by atoms with Crippen LogP contribution in [-0.2, 0) is 4.79 Å². The summed E-state index contributed by atoms with van der Waals surface area (Å²) >= 11 is 11.9. The first kappa shape index (κ1) is 22.7. The van der Waals surface area contributed by atoms with E-state index in [-0.39, 0.29) is 12.3 Å². The molecule has 0 aliphatic carbocycles. The maximum absolute atomic E-state index is 12.3. The minimum absolute atomic E-state index is 0.216. The predicted molar refractivity (Wildman–Crippen MR) is 113 cm³/mol. The predicted octanol–water partition coefficient (Wildman–Crippen LogP) is 5.46. The highest BCUT2D eigenvalue weighted by Gasteiger charge is 2.14. The van der Waals surface area contributed by atoms with E-state index in [1.165, 1.54) is 0 Å². The summed E-state index contributed by atoms with van der Waals surface area (Å²) in [4.78, 5) is 12.3. The molecule has 0 aromatic heterocycles. The Morgan fingerprint density at radius 1 is 1.03 bits per heavy atom. The van der Waals surface area contributed by atoms with Crippen LogP contribution in [0.2, 0.25) is 10.0 Å². The third kappa shape index (κ3) is 6.74. The van der Waals surface area contributed by atoms with Crippen LogP contribution < -0.4 is 19.5 Å². The van der Waals surface area contributed by atoms with Gasteiger partial charge in [0.2, 0.25) is 5.91 Å². The monoisotopic (exact) mass is 436 g/mol. The molecule has 0 aliphatic rings. The number of anilines is 1. The molecular formula is C21H22Cl2N2O4. The molecule has 0 heterocycles. The largest absolute Gasteiger partial charge is 0.492 e. The fourth-order valence-electron chi connectivity index (χ4n) is 2.51. The second kappa shape index (κ2) is 11.4. The van der Waals surface area contributed by atoms with Gasteiger partial charge in [-0.3, -0.25) is 4.79 Å². The first-order valence-electron chi connectivity index (χ1n) is 9.19. The number of rotatable bonds is 10. The summed E-state index contributed by atoms with van der Waals surface area (Å²) in [5.41, 5.74) is 0.681. The zero-order valence-corrected chi connectivity index (χ0v) is 17.8. The SMILES string of the molecule is CCOc1cc(C#N)c(NC(=O)CCCOc2ccc(Cl)cc2Cl)cc1OCC. The molecule has 0 aliphatic heterocycles. The van der Waals surface area contributed by atoms with Crippen LogP contribution in [0.15, 0.2) is 30.3 Å². The maximum atomic E-state index is 12.3. The van der Waals surface area contributed by atoms with Crippen molar-refractivity contribution in [2.24, 2.45) is 0 Å². The Morgan fingerprint density at radius 2 is 1.72 bits per heavy atom. The summed E-state index contributed by atoms with van der Waals surface area (Å²) in [5, 5.41) is 13.1. The van der Waals surface area contributed by atoms with Crippen molar-refractivity contribution in [3.63, 3.8) is 0 Å². The van der Waals surface area contributed by atoms with E-state index in [0.29, 0.717) is 64.8 Å². The molecule has 0 radical (unpaired) electrons. The van der Waals surface area contributed by atoms with Crippen LogP contribution >= 0.6 is 23.2 Å². The van der Waals surface area contributed by atoms with Gasteiger partial charge in [0.05, 0.1) is 36.1 Å². The number of nitriles is 1. The molecule has 2 aromatic rings. The van der Waals surface area contributed by atoms with Crippen molar-refractivity contribution in [2.45, 2.75) is 26.7 Å². The van der Waals surface area contributed by atoms with Gasteiger partial charge in [-0.2, -0.15) is 5.26 Å². The lowest BCUT2D eigenvalue weighted by Gasteiger charge is -2.14. The van der Waals surface area contributed by atoms with Crippen LogP contribution in [0, 0.1) is 11.3 Å². The Bertz CT molecular complexity index is 897. The quantitative estimate of drug-likeness (QED) is 0.500. The Hall–Kier alpha value is -2.62. The van der Waals surface area contributed by atoms with Gasteiger partial charge in [0, 0.05) is 23.6 Å². The van der Waals surface area contributed by atoms with Gasteiger partial charge in [-0.25, -0.2) is 0 Å². The van der Waals surface area contributed by atoms with Gasteiger partial charge in [0.15, 0.2) is 11.5 Å². The van der Waals surface area contributed by atoms with E-state index in [1.807, 2.05) is 13.8 Å². The molecule has 29 heavy (non-hydrogen) atoms. The fraction of sp³-hybridized carbons (Fsp3) is 0.333. The van der Waals surface area contributed by atoms with Crippen LogP contribution in [0.1, 0.15) is 32.3 Å². The summed E-state index contributed by atoms with van der Waals surface area (Å²) in [5.74, 6) is 1.22. The number of nitrogens with one attached hydrogen (secondary N) is 1. The van der Waals surface area contributed by atoms with E-state index < -0.39 is 0 Å². The summed E-state index contributed by atoms with van der Waals surface area (Å²) < 4.78 is 16.6. The molecule has 0 saturated carbocycles. The maximum Gasteiger partial charge on any atom is 0.224 e. The van der Waals surface area contributed by atoms with Gasteiger partial charge in [-0.15, -0.1) is 0 Å². The van der Waals surface area contributed by atoms with E-state index in [4.69, 9.17) is 37.4 Å². The van der Waals surface area contributed by atoms with Gasteiger partial charge < -0.3 is 19.5 Å². The number of benzene rings is 2. The molecule has 0 saturated heterocycles. The van der Waals surface area contributed by atoms with Crippen molar-refractivity contribution >= 4 is 34.8 Å². The first-order valence-corrected chi connectivity index (χ1v) is 9.95. The zero-order valence-electron chi connectivity index (χ0n) is 16.3. The summed E-state index contributed by atoms with van der Waals surface area (Å²) in [6.45, 7) is 4.88. The van der Waals surface area contributed by atoms with Crippen LogP contribution in [0.3, 0.4) is 0 Å². The molecule has 8 heteroatoms. The molecule has 0 spiro atoms. The molecule has 2 aromatic carbocycles. The lowest BCUT2D eigenvalue weighted by molar-refractivity contribution is -0.116. The number of carbonyl (C=O) groups excluding carboxylic acids is 1. The number of hydrogen-bond donors (Lipinski definition) is 1. The van der Waals surface area contributed by atoms with E-state index in [9.17, 15) is 10.1 Å². The number of hydrogen-bond acceptors (Lipinski definition) is 5. The third-order valence-corrected chi connectivity index (χ3v) is 4.31.